The summed E-state index contributed by atoms with van der Waals surface area (Å²) in [5.41, 5.74) is 1.22. The summed E-state index contributed by atoms with van der Waals surface area (Å²) < 4.78 is 10.8. The highest BCUT2D eigenvalue weighted by atomic mass is 16.5. The third-order valence-electron chi connectivity index (χ3n) is 4.67. The standard InChI is InChI=1S/C23H22N2O7/c1-4-31-19-12-15(9-10-18(19)32-14(3)22(28)29)11-16-20(26)24-23(30)25(21(16)27)17-8-6-5-7-13(17)2/h5-12,14H,4H2,1-3H3,(H,28,29)(H,24,26,30)/p-1/b16-11+/t14-/m0/s1. The van der Waals surface area contributed by atoms with E-state index < -0.39 is 29.9 Å². The number of aliphatic carboxylic acids is 1. The van der Waals surface area contributed by atoms with Crippen molar-refractivity contribution in [2.24, 2.45) is 0 Å². The molecule has 1 saturated heterocycles. The number of hydrogen-bond donors (Lipinski definition) is 1. The predicted octanol–water partition coefficient (Wildman–Crippen LogP) is 1.58. The third kappa shape index (κ3) is 4.61. The number of nitrogens with one attached hydrogen (secondary N) is 1. The molecule has 0 radical (unpaired) electrons. The van der Waals surface area contributed by atoms with Crippen molar-refractivity contribution in [1.82, 2.24) is 5.32 Å². The molecule has 0 aliphatic carbocycles. The number of carbonyl (C=O) groups is 4. The number of ether oxygens (including phenoxy) is 2. The van der Waals surface area contributed by atoms with Gasteiger partial charge >= 0.3 is 6.03 Å². The number of nitrogens with zero attached hydrogens (tertiary/aromatic N) is 1. The van der Waals surface area contributed by atoms with Crippen molar-refractivity contribution < 1.29 is 33.8 Å². The van der Waals surface area contributed by atoms with Gasteiger partial charge in [0.25, 0.3) is 11.8 Å². The SMILES string of the molecule is CCOc1cc(/C=C2\C(=O)NC(=O)N(c3ccccc3C)C2=O)ccc1O[C@@H](C)C(=O)[O-]. The molecule has 32 heavy (non-hydrogen) atoms. The van der Waals surface area contributed by atoms with Crippen molar-refractivity contribution in [3.05, 3.63) is 59.2 Å². The Balaban J connectivity index is 1.98. The molecule has 1 N–H and O–H groups in total. The monoisotopic (exact) mass is 437 g/mol. The molecule has 1 aliphatic heterocycles. The minimum absolute atomic E-state index is 0.168. The number of benzene rings is 2. The number of barbiturate groups is 1. The number of amides is 4. The van der Waals surface area contributed by atoms with Gasteiger partial charge in [-0.15, -0.1) is 0 Å². The topological polar surface area (TPSA) is 125 Å². The lowest BCUT2D eigenvalue weighted by Crippen LogP contribution is -2.54. The average molecular weight is 437 g/mol. The van der Waals surface area contributed by atoms with Crippen molar-refractivity contribution in [2.45, 2.75) is 26.9 Å². The quantitative estimate of drug-likeness (QED) is 0.515. The highest BCUT2D eigenvalue weighted by molar-refractivity contribution is 6.39. The maximum Gasteiger partial charge on any atom is 0.335 e. The fourth-order valence-corrected chi connectivity index (χ4v) is 3.08. The van der Waals surface area contributed by atoms with Gasteiger partial charge in [0.15, 0.2) is 11.5 Å². The van der Waals surface area contributed by atoms with E-state index in [9.17, 15) is 24.3 Å². The number of imide groups is 2. The summed E-state index contributed by atoms with van der Waals surface area (Å²) in [5.74, 6) is -2.58. The van der Waals surface area contributed by atoms with Gasteiger partial charge in [0.2, 0.25) is 0 Å². The second kappa shape index (κ2) is 9.34. The molecule has 2 aromatic carbocycles. The van der Waals surface area contributed by atoms with Crippen molar-refractivity contribution in [2.75, 3.05) is 11.5 Å². The van der Waals surface area contributed by atoms with Crippen LogP contribution in [0.4, 0.5) is 10.5 Å². The first kappa shape index (κ1) is 22.5. The lowest BCUT2D eigenvalue weighted by molar-refractivity contribution is -0.312. The number of carboxylic acid groups (broad SMARTS) is 1. The molecule has 1 fully saturated rings. The van der Waals surface area contributed by atoms with E-state index in [0.29, 0.717) is 16.8 Å². The summed E-state index contributed by atoms with van der Waals surface area (Å²) in [7, 11) is 0. The van der Waals surface area contributed by atoms with E-state index in [2.05, 4.69) is 5.32 Å². The molecule has 0 aromatic heterocycles. The zero-order chi connectivity index (χ0) is 23.4. The number of carbonyl (C=O) groups excluding carboxylic acids is 4. The Hall–Kier alpha value is -4.14. The molecule has 9 heteroatoms. The molecule has 9 nitrogen and oxygen atoms in total. The summed E-state index contributed by atoms with van der Waals surface area (Å²) >= 11 is 0. The number of para-hydroxylation sites is 1. The van der Waals surface area contributed by atoms with Crippen LogP contribution in [-0.2, 0) is 14.4 Å². The van der Waals surface area contributed by atoms with Gasteiger partial charge in [-0.2, -0.15) is 0 Å². The molecule has 0 spiro atoms. The van der Waals surface area contributed by atoms with Gasteiger partial charge in [-0.3, -0.25) is 14.9 Å². The van der Waals surface area contributed by atoms with Gasteiger partial charge in [0.1, 0.15) is 11.7 Å². The number of hydrogen-bond acceptors (Lipinski definition) is 7. The van der Waals surface area contributed by atoms with E-state index >= 15 is 0 Å². The lowest BCUT2D eigenvalue weighted by Gasteiger charge is -2.27. The maximum atomic E-state index is 13.0. The number of carboxylic acids is 1. The number of rotatable bonds is 7. The molecule has 4 amide bonds. The van der Waals surface area contributed by atoms with Crippen LogP contribution in [0.5, 0.6) is 11.5 Å². The summed E-state index contributed by atoms with van der Waals surface area (Å²) in [4.78, 5) is 49.7. The minimum atomic E-state index is -1.39. The first-order valence-corrected chi connectivity index (χ1v) is 9.84. The molecular formula is C23H21N2O7-. The van der Waals surface area contributed by atoms with Gasteiger partial charge in [0, 0.05) is 0 Å². The molecule has 2 aromatic rings. The summed E-state index contributed by atoms with van der Waals surface area (Å²) in [6.45, 7) is 5.07. The van der Waals surface area contributed by atoms with Gasteiger partial charge in [-0.05, 0) is 56.2 Å². The Kier molecular flexibility index (Phi) is 6.58. The predicted molar refractivity (Wildman–Crippen MR) is 113 cm³/mol. The maximum absolute atomic E-state index is 13.0. The molecule has 0 unspecified atom stereocenters. The Morgan fingerprint density at radius 2 is 1.88 bits per heavy atom. The fourth-order valence-electron chi connectivity index (χ4n) is 3.08. The van der Waals surface area contributed by atoms with E-state index in [1.807, 2.05) is 0 Å². The van der Waals surface area contributed by atoms with Gasteiger partial charge < -0.3 is 19.4 Å². The minimum Gasteiger partial charge on any atom is -0.546 e. The zero-order valence-corrected chi connectivity index (χ0v) is 17.7. The van der Waals surface area contributed by atoms with Crippen LogP contribution < -0.4 is 24.8 Å². The van der Waals surface area contributed by atoms with Gasteiger partial charge in [-0.1, -0.05) is 24.3 Å². The van der Waals surface area contributed by atoms with Crippen LogP contribution in [0.2, 0.25) is 0 Å². The van der Waals surface area contributed by atoms with Crippen molar-refractivity contribution in [1.29, 1.82) is 0 Å². The van der Waals surface area contributed by atoms with Crippen LogP contribution in [0.15, 0.2) is 48.0 Å². The van der Waals surface area contributed by atoms with Crippen LogP contribution in [-0.4, -0.2) is 36.5 Å². The lowest BCUT2D eigenvalue weighted by atomic mass is 10.1. The number of aryl methyl sites for hydroxylation is 1. The molecule has 1 atom stereocenters. The molecular weight excluding hydrogens is 416 g/mol. The Labute approximate surface area is 184 Å². The highest BCUT2D eigenvalue weighted by Crippen LogP contribution is 2.31. The molecule has 0 bridgehead atoms. The van der Waals surface area contributed by atoms with Crippen LogP contribution in [0.1, 0.15) is 25.0 Å². The molecule has 166 valence electrons. The van der Waals surface area contributed by atoms with Gasteiger partial charge in [-0.25, -0.2) is 9.69 Å². The van der Waals surface area contributed by atoms with E-state index in [1.165, 1.54) is 31.2 Å². The molecule has 1 aliphatic rings. The molecule has 3 rings (SSSR count). The third-order valence-corrected chi connectivity index (χ3v) is 4.67. The van der Waals surface area contributed by atoms with E-state index in [0.717, 1.165) is 4.90 Å². The average Bonchev–Trinajstić information content (AvgIpc) is 2.74. The van der Waals surface area contributed by atoms with Crippen LogP contribution in [0, 0.1) is 6.92 Å². The fraction of sp³-hybridized carbons (Fsp3) is 0.217. The van der Waals surface area contributed by atoms with Crippen molar-refractivity contribution in [3.63, 3.8) is 0 Å². The number of urea groups is 1. The Bertz CT molecular complexity index is 1120. The second-order valence-electron chi connectivity index (χ2n) is 6.96. The van der Waals surface area contributed by atoms with E-state index in [-0.39, 0.29) is 23.7 Å². The first-order chi connectivity index (χ1) is 15.2. The molecule has 1 heterocycles. The summed E-state index contributed by atoms with van der Waals surface area (Å²) in [6, 6.07) is 10.5. The number of anilines is 1. The highest BCUT2D eigenvalue weighted by Gasteiger charge is 2.37. The summed E-state index contributed by atoms with van der Waals surface area (Å²) in [6.07, 6.45) is 0.113. The molecule has 0 saturated carbocycles. The zero-order valence-electron chi connectivity index (χ0n) is 17.7. The Morgan fingerprint density at radius 1 is 1.16 bits per heavy atom. The smallest absolute Gasteiger partial charge is 0.335 e. The first-order valence-electron chi connectivity index (χ1n) is 9.84. The van der Waals surface area contributed by atoms with Crippen molar-refractivity contribution in [3.8, 4) is 11.5 Å². The largest absolute Gasteiger partial charge is 0.546 e. The van der Waals surface area contributed by atoms with Crippen LogP contribution in [0.25, 0.3) is 6.08 Å². The Morgan fingerprint density at radius 3 is 2.53 bits per heavy atom. The van der Waals surface area contributed by atoms with E-state index in [4.69, 9.17) is 9.47 Å². The second-order valence-corrected chi connectivity index (χ2v) is 6.96. The van der Waals surface area contributed by atoms with Crippen LogP contribution in [0.3, 0.4) is 0 Å². The summed E-state index contributed by atoms with van der Waals surface area (Å²) in [5, 5.41) is 13.1. The van der Waals surface area contributed by atoms with Crippen LogP contribution >= 0.6 is 0 Å². The normalized spacial score (nSPS) is 16.0. The van der Waals surface area contributed by atoms with Crippen molar-refractivity contribution >= 4 is 35.6 Å². The van der Waals surface area contributed by atoms with Gasteiger partial charge in [0.05, 0.1) is 18.3 Å². The van der Waals surface area contributed by atoms with E-state index in [1.54, 1.807) is 38.1 Å².